The number of ether oxygens (including phenoxy) is 2. The Morgan fingerprint density at radius 3 is 2.89 bits per heavy atom. The standard InChI is InChI=1S/C21H17FN2O3/c1-26-20-11-16(22)6-7-17(20)14-10-15(13-23-12-14)21(25)24-8-9-27-19-5-3-2-4-18(19)24/h2-7,10-13H,8-9H2,1H3. The first-order valence-electron chi connectivity index (χ1n) is 8.50. The second kappa shape index (κ2) is 7.07. The summed E-state index contributed by atoms with van der Waals surface area (Å²) in [6.07, 6.45) is 3.15. The van der Waals surface area contributed by atoms with E-state index in [-0.39, 0.29) is 11.7 Å². The second-order valence-corrected chi connectivity index (χ2v) is 6.08. The first-order chi connectivity index (χ1) is 13.2. The van der Waals surface area contributed by atoms with E-state index in [9.17, 15) is 9.18 Å². The number of nitrogens with zero attached hydrogens (tertiary/aromatic N) is 2. The number of amides is 1. The Labute approximate surface area is 156 Å². The maximum Gasteiger partial charge on any atom is 0.260 e. The van der Waals surface area contributed by atoms with E-state index in [4.69, 9.17) is 9.47 Å². The number of para-hydroxylation sites is 2. The molecule has 0 N–H and O–H groups in total. The van der Waals surface area contributed by atoms with Gasteiger partial charge in [0.2, 0.25) is 0 Å². The van der Waals surface area contributed by atoms with Crippen molar-refractivity contribution in [1.29, 1.82) is 0 Å². The first kappa shape index (κ1) is 17.0. The van der Waals surface area contributed by atoms with E-state index in [1.54, 1.807) is 23.2 Å². The van der Waals surface area contributed by atoms with Crippen molar-refractivity contribution in [2.45, 2.75) is 0 Å². The molecule has 3 aromatic rings. The molecule has 0 spiro atoms. The molecule has 2 heterocycles. The zero-order valence-electron chi connectivity index (χ0n) is 14.7. The molecular formula is C21H17FN2O3. The molecule has 5 nitrogen and oxygen atoms in total. The largest absolute Gasteiger partial charge is 0.496 e. The SMILES string of the molecule is COc1cc(F)ccc1-c1cncc(C(=O)N2CCOc3ccccc32)c1. The summed E-state index contributed by atoms with van der Waals surface area (Å²) in [5, 5.41) is 0. The topological polar surface area (TPSA) is 51.7 Å². The van der Waals surface area contributed by atoms with Crippen LogP contribution < -0.4 is 14.4 Å². The molecular weight excluding hydrogens is 347 g/mol. The van der Waals surface area contributed by atoms with Gasteiger partial charge in [0.25, 0.3) is 5.91 Å². The Kier molecular flexibility index (Phi) is 4.46. The number of aromatic nitrogens is 1. The van der Waals surface area contributed by atoms with Gasteiger partial charge in [0.05, 0.1) is 24.9 Å². The normalized spacial score (nSPS) is 12.9. The Balaban J connectivity index is 1.71. The molecule has 1 aromatic heterocycles. The average molecular weight is 364 g/mol. The molecule has 1 aliphatic rings. The Bertz CT molecular complexity index is 1010. The molecule has 1 aliphatic heterocycles. The van der Waals surface area contributed by atoms with Crippen molar-refractivity contribution in [2.24, 2.45) is 0 Å². The van der Waals surface area contributed by atoms with Crippen LogP contribution in [0.2, 0.25) is 0 Å². The van der Waals surface area contributed by atoms with Crippen LogP contribution in [0.3, 0.4) is 0 Å². The number of anilines is 1. The Hall–Kier alpha value is -3.41. The van der Waals surface area contributed by atoms with Crippen LogP contribution >= 0.6 is 0 Å². The van der Waals surface area contributed by atoms with E-state index < -0.39 is 0 Å². The van der Waals surface area contributed by atoms with Crippen LogP contribution in [-0.4, -0.2) is 31.2 Å². The van der Waals surface area contributed by atoms with Crippen LogP contribution in [0.4, 0.5) is 10.1 Å². The van der Waals surface area contributed by atoms with Crippen LogP contribution in [0.15, 0.2) is 60.9 Å². The molecule has 27 heavy (non-hydrogen) atoms. The minimum atomic E-state index is -0.388. The number of carbonyl (C=O) groups is 1. The molecule has 0 aliphatic carbocycles. The van der Waals surface area contributed by atoms with Crippen molar-refractivity contribution in [2.75, 3.05) is 25.2 Å². The van der Waals surface area contributed by atoms with Crippen molar-refractivity contribution < 1.29 is 18.7 Å². The quantitative estimate of drug-likeness (QED) is 0.706. The highest BCUT2D eigenvalue weighted by molar-refractivity contribution is 6.07. The maximum atomic E-state index is 13.5. The lowest BCUT2D eigenvalue weighted by molar-refractivity contribution is 0.0976. The number of halogens is 1. The molecule has 4 rings (SSSR count). The number of rotatable bonds is 3. The second-order valence-electron chi connectivity index (χ2n) is 6.08. The average Bonchev–Trinajstić information content (AvgIpc) is 2.72. The highest BCUT2D eigenvalue weighted by Gasteiger charge is 2.25. The number of carbonyl (C=O) groups excluding carboxylic acids is 1. The third kappa shape index (κ3) is 3.21. The van der Waals surface area contributed by atoms with Gasteiger partial charge in [-0.3, -0.25) is 9.78 Å². The molecule has 1 amide bonds. The first-order valence-corrected chi connectivity index (χ1v) is 8.50. The predicted octanol–water partition coefficient (Wildman–Crippen LogP) is 3.94. The van der Waals surface area contributed by atoms with Crippen LogP contribution in [0.25, 0.3) is 11.1 Å². The number of pyridine rings is 1. The molecule has 0 saturated heterocycles. The zero-order chi connectivity index (χ0) is 18.8. The number of fused-ring (bicyclic) bond motifs is 1. The van der Waals surface area contributed by atoms with E-state index in [1.165, 1.54) is 25.4 Å². The smallest absolute Gasteiger partial charge is 0.260 e. The van der Waals surface area contributed by atoms with Gasteiger partial charge in [-0.1, -0.05) is 12.1 Å². The van der Waals surface area contributed by atoms with E-state index >= 15 is 0 Å². The summed E-state index contributed by atoms with van der Waals surface area (Å²) in [5.41, 5.74) is 2.52. The number of methoxy groups -OCH3 is 1. The van der Waals surface area contributed by atoms with Gasteiger partial charge in [-0.15, -0.1) is 0 Å². The van der Waals surface area contributed by atoms with Gasteiger partial charge in [0, 0.05) is 29.6 Å². The van der Waals surface area contributed by atoms with Crippen LogP contribution in [0.5, 0.6) is 11.5 Å². The molecule has 0 radical (unpaired) electrons. The highest BCUT2D eigenvalue weighted by atomic mass is 19.1. The van der Waals surface area contributed by atoms with Crippen molar-refractivity contribution in [3.8, 4) is 22.6 Å². The molecule has 6 heteroatoms. The minimum Gasteiger partial charge on any atom is -0.496 e. The monoisotopic (exact) mass is 364 g/mol. The summed E-state index contributed by atoms with van der Waals surface area (Å²) in [5.74, 6) is 0.515. The molecule has 0 bridgehead atoms. The Morgan fingerprint density at radius 1 is 1.19 bits per heavy atom. The summed E-state index contributed by atoms with van der Waals surface area (Å²) in [6.45, 7) is 0.890. The predicted molar refractivity (Wildman–Crippen MR) is 99.8 cm³/mol. The van der Waals surface area contributed by atoms with Crippen molar-refractivity contribution >= 4 is 11.6 Å². The van der Waals surface area contributed by atoms with E-state index in [0.29, 0.717) is 41.3 Å². The zero-order valence-corrected chi connectivity index (χ0v) is 14.7. The molecule has 0 saturated carbocycles. The van der Waals surface area contributed by atoms with Gasteiger partial charge < -0.3 is 14.4 Å². The lowest BCUT2D eigenvalue weighted by atomic mass is 10.0. The number of hydrogen-bond donors (Lipinski definition) is 0. The summed E-state index contributed by atoms with van der Waals surface area (Å²) in [4.78, 5) is 19.0. The van der Waals surface area contributed by atoms with Gasteiger partial charge in [-0.25, -0.2) is 4.39 Å². The van der Waals surface area contributed by atoms with Gasteiger partial charge in [0.1, 0.15) is 23.9 Å². The molecule has 0 atom stereocenters. The molecule has 0 unspecified atom stereocenters. The maximum absolute atomic E-state index is 13.5. The number of hydrogen-bond acceptors (Lipinski definition) is 4. The minimum absolute atomic E-state index is 0.166. The van der Waals surface area contributed by atoms with Crippen molar-refractivity contribution in [3.63, 3.8) is 0 Å². The van der Waals surface area contributed by atoms with Crippen molar-refractivity contribution in [1.82, 2.24) is 4.98 Å². The molecule has 136 valence electrons. The highest BCUT2D eigenvalue weighted by Crippen LogP contribution is 2.33. The fourth-order valence-electron chi connectivity index (χ4n) is 3.14. The van der Waals surface area contributed by atoms with E-state index in [0.717, 1.165) is 5.69 Å². The summed E-state index contributed by atoms with van der Waals surface area (Å²) in [6, 6.07) is 13.4. The van der Waals surface area contributed by atoms with Gasteiger partial charge in [-0.2, -0.15) is 0 Å². The lowest BCUT2D eigenvalue weighted by Gasteiger charge is -2.29. The molecule has 0 fully saturated rings. The van der Waals surface area contributed by atoms with Gasteiger partial charge >= 0.3 is 0 Å². The lowest BCUT2D eigenvalue weighted by Crippen LogP contribution is -2.38. The van der Waals surface area contributed by atoms with E-state index in [1.807, 2.05) is 24.3 Å². The fraction of sp³-hybridized carbons (Fsp3) is 0.143. The fourth-order valence-corrected chi connectivity index (χ4v) is 3.14. The number of benzene rings is 2. The summed E-state index contributed by atoms with van der Waals surface area (Å²) < 4.78 is 24.3. The van der Waals surface area contributed by atoms with Crippen LogP contribution in [-0.2, 0) is 0 Å². The van der Waals surface area contributed by atoms with Crippen LogP contribution in [0.1, 0.15) is 10.4 Å². The van der Waals surface area contributed by atoms with Crippen molar-refractivity contribution in [3.05, 3.63) is 72.3 Å². The third-order valence-corrected chi connectivity index (χ3v) is 4.43. The van der Waals surface area contributed by atoms with E-state index in [2.05, 4.69) is 4.98 Å². The van der Waals surface area contributed by atoms with Crippen LogP contribution in [0, 0.1) is 5.82 Å². The Morgan fingerprint density at radius 2 is 2.04 bits per heavy atom. The third-order valence-electron chi connectivity index (χ3n) is 4.43. The van der Waals surface area contributed by atoms with Gasteiger partial charge in [-0.05, 0) is 30.3 Å². The van der Waals surface area contributed by atoms with Gasteiger partial charge in [0.15, 0.2) is 0 Å². The summed E-state index contributed by atoms with van der Waals surface area (Å²) in [7, 11) is 1.48. The summed E-state index contributed by atoms with van der Waals surface area (Å²) >= 11 is 0. The molecule has 2 aromatic carbocycles.